The summed E-state index contributed by atoms with van der Waals surface area (Å²) in [6.45, 7) is 2.99. The van der Waals surface area contributed by atoms with Crippen LogP contribution in [-0.4, -0.2) is 68.6 Å². The van der Waals surface area contributed by atoms with Crippen molar-refractivity contribution >= 4 is 11.8 Å². The van der Waals surface area contributed by atoms with E-state index in [0.717, 1.165) is 32.4 Å². The molecule has 0 bridgehead atoms. The molecule has 0 aliphatic carbocycles. The number of carbonyl (C=O) groups is 2. The van der Waals surface area contributed by atoms with Crippen molar-refractivity contribution in [2.45, 2.75) is 38.3 Å². The summed E-state index contributed by atoms with van der Waals surface area (Å²) in [5.41, 5.74) is 5.58. The summed E-state index contributed by atoms with van der Waals surface area (Å²) < 4.78 is 1.55. The lowest BCUT2D eigenvalue weighted by molar-refractivity contribution is -0.144. The van der Waals surface area contributed by atoms with Crippen molar-refractivity contribution in [2.24, 2.45) is 11.7 Å². The number of likely N-dealkylation sites (tertiary alicyclic amines) is 2. The van der Waals surface area contributed by atoms with E-state index in [2.05, 4.69) is 10.1 Å². The van der Waals surface area contributed by atoms with E-state index < -0.39 is 0 Å². The first-order valence-corrected chi connectivity index (χ1v) is 8.28. The van der Waals surface area contributed by atoms with E-state index in [4.69, 9.17) is 5.73 Å². The smallest absolute Gasteiger partial charge is 0.244 e. The number of nitrogens with zero attached hydrogens (tertiary/aromatic N) is 5. The number of aromatic nitrogens is 3. The van der Waals surface area contributed by atoms with Crippen molar-refractivity contribution < 1.29 is 9.59 Å². The fraction of sp³-hybridized carbons (Fsp3) is 0.733. The van der Waals surface area contributed by atoms with Gasteiger partial charge < -0.3 is 15.5 Å². The molecule has 0 spiro atoms. The zero-order valence-electron chi connectivity index (χ0n) is 13.3. The van der Waals surface area contributed by atoms with E-state index >= 15 is 0 Å². The van der Waals surface area contributed by atoms with Crippen molar-refractivity contribution in [3.63, 3.8) is 0 Å². The number of amides is 2. The maximum absolute atomic E-state index is 12.4. The zero-order chi connectivity index (χ0) is 16.2. The molecule has 3 heterocycles. The number of carbonyl (C=O) groups excluding carboxylic acids is 2. The minimum Gasteiger partial charge on any atom is -0.341 e. The van der Waals surface area contributed by atoms with Crippen LogP contribution in [0.1, 0.15) is 25.7 Å². The van der Waals surface area contributed by atoms with Gasteiger partial charge in [-0.2, -0.15) is 5.10 Å². The average Bonchev–Trinajstić information content (AvgIpc) is 3.06. The van der Waals surface area contributed by atoms with Crippen LogP contribution < -0.4 is 5.73 Å². The van der Waals surface area contributed by atoms with Gasteiger partial charge in [0.2, 0.25) is 11.8 Å². The molecule has 2 fully saturated rings. The molecule has 2 N–H and O–H groups in total. The van der Waals surface area contributed by atoms with E-state index in [1.165, 1.54) is 6.33 Å². The van der Waals surface area contributed by atoms with Crippen LogP contribution in [0, 0.1) is 5.92 Å². The summed E-state index contributed by atoms with van der Waals surface area (Å²) in [5.74, 6) is 0.681. The second-order valence-electron chi connectivity index (χ2n) is 6.32. The first-order chi connectivity index (χ1) is 11.2. The molecule has 3 rings (SSSR count). The van der Waals surface area contributed by atoms with Crippen LogP contribution in [0.15, 0.2) is 12.7 Å². The molecule has 2 atom stereocenters. The molecule has 2 aliphatic rings. The topological polar surface area (TPSA) is 97.3 Å². The molecule has 0 saturated carbocycles. The van der Waals surface area contributed by atoms with E-state index in [-0.39, 0.29) is 24.4 Å². The first kappa shape index (κ1) is 15.9. The SMILES string of the molecule is NCCCN1C(=O)CC[C@H]2CN(C(=O)Cn3cncn3)CC[C@H]21. The highest BCUT2D eigenvalue weighted by Gasteiger charge is 2.39. The number of piperidine rings is 2. The molecule has 1 aromatic rings. The lowest BCUT2D eigenvalue weighted by atomic mass is 9.83. The Kier molecular flexibility index (Phi) is 4.90. The summed E-state index contributed by atoms with van der Waals surface area (Å²) >= 11 is 0. The molecule has 0 aromatic carbocycles. The molecular formula is C15H24N6O2. The number of nitrogens with two attached hydrogens (primary N) is 1. The fourth-order valence-electron chi connectivity index (χ4n) is 3.68. The van der Waals surface area contributed by atoms with Gasteiger partial charge in [-0.05, 0) is 31.7 Å². The van der Waals surface area contributed by atoms with Gasteiger partial charge in [-0.3, -0.25) is 9.59 Å². The van der Waals surface area contributed by atoms with Crippen molar-refractivity contribution in [3.8, 4) is 0 Å². The Bertz CT molecular complexity index is 546. The van der Waals surface area contributed by atoms with Crippen molar-refractivity contribution in [1.82, 2.24) is 24.6 Å². The highest BCUT2D eigenvalue weighted by molar-refractivity contribution is 5.78. The molecule has 2 aliphatic heterocycles. The van der Waals surface area contributed by atoms with Crippen LogP contribution in [-0.2, 0) is 16.1 Å². The average molecular weight is 320 g/mol. The highest BCUT2D eigenvalue weighted by atomic mass is 16.2. The lowest BCUT2D eigenvalue weighted by Crippen LogP contribution is -2.57. The Morgan fingerprint density at radius 2 is 2.26 bits per heavy atom. The van der Waals surface area contributed by atoms with Crippen LogP contribution >= 0.6 is 0 Å². The van der Waals surface area contributed by atoms with Crippen LogP contribution in [0.3, 0.4) is 0 Å². The van der Waals surface area contributed by atoms with Crippen LogP contribution in [0.25, 0.3) is 0 Å². The third kappa shape index (κ3) is 3.52. The Morgan fingerprint density at radius 3 is 3.00 bits per heavy atom. The van der Waals surface area contributed by atoms with Crippen molar-refractivity contribution in [1.29, 1.82) is 0 Å². The molecule has 126 valence electrons. The summed E-state index contributed by atoms with van der Waals surface area (Å²) in [7, 11) is 0. The highest BCUT2D eigenvalue weighted by Crippen LogP contribution is 2.31. The van der Waals surface area contributed by atoms with Gasteiger partial charge in [-0.15, -0.1) is 0 Å². The molecule has 23 heavy (non-hydrogen) atoms. The molecular weight excluding hydrogens is 296 g/mol. The number of hydrogen-bond acceptors (Lipinski definition) is 5. The third-order valence-corrected chi connectivity index (χ3v) is 4.86. The summed E-state index contributed by atoms with van der Waals surface area (Å²) in [6.07, 6.45) is 6.13. The minimum atomic E-state index is 0.0689. The van der Waals surface area contributed by atoms with Crippen LogP contribution in [0.5, 0.6) is 0 Å². The van der Waals surface area contributed by atoms with Gasteiger partial charge in [0.05, 0.1) is 0 Å². The third-order valence-electron chi connectivity index (χ3n) is 4.86. The van der Waals surface area contributed by atoms with Gasteiger partial charge in [0.1, 0.15) is 19.2 Å². The van der Waals surface area contributed by atoms with Gasteiger partial charge in [-0.25, -0.2) is 9.67 Å². The standard InChI is InChI=1S/C15H24N6O2/c16-5-1-6-21-13-4-7-19(8-12(13)2-3-14(21)22)15(23)9-20-11-17-10-18-20/h10-13H,1-9,16H2/t12-,13+/m0/s1. The predicted molar refractivity (Wildman–Crippen MR) is 83.1 cm³/mol. The number of fused-ring (bicyclic) bond motifs is 1. The number of hydrogen-bond donors (Lipinski definition) is 1. The van der Waals surface area contributed by atoms with E-state index in [1.807, 2.05) is 9.80 Å². The van der Waals surface area contributed by atoms with E-state index in [1.54, 1.807) is 11.0 Å². The van der Waals surface area contributed by atoms with E-state index in [0.29, 0.717) is 25.4 Å². The zero-order valence-corrected chi connectivity index (χ0v) is 13.3. The monoisotopic (exact) mass is 320 g/mol. The predicted octanol–water partition coefficient (Wildman–Crippen LogP) is -0.534. The first-order valence-electron chi connectivity index (χ1n) is 8.28. The van der Waals surface area contributed by atoms with E-state index in [9.17, 15) is 9.59 Å². The van der Waals surface area contributed by atoms with Gasteiger partial charge >= 0.3 is 0 Å². The normalized spacial score (nSPS) is 24.7. The van der Waals surface area contributed by atoms with Crippen molar-refractivity contribution in [3.05, 3.63) is 12.7 Å². The van der Waals surface area contributed by atoms with Crippen LogP contribution in [0.4, 0.5) is 0 Å². The second-order valence-corrected chi connectivity index (χ2v) is 6.32. The molecule has 2 amide bonds. The fourth-order valence-corrected chi connectivity index (χ4v) is 3.68. The summed E-state index contributed by atoms with van der Waals surface area (Å²) in [6, 6.07) is 0.262. The number of rotatable bonds is 5. The Morgan fingerprint density at radius 1 is 1.39 bits per heavy atom. The second kappa shape index (κ2) is 7.08. The molecule has 2 saturated heterocycles. The van der Waals surface area contributed by atoms with Gasteiger partial charge in [0.15, 0.2) is 0 Å². The lowest BCUT2D eigenvalue weighted by Gasteiger charge is -2.47. The van der Waals surface area contributed by atoms with Gasteiger partial charge in [-0.1, -0.05) is 0 Å². The minimum absolute atomic E-state index is 0.0689. The molecule has 0 radical (unpaired) electrons. The van der Waals surface area contributed by atoms with Gasteiger partial charge in [0, 0.05) is 32.1 Å². The molecule has 0 unspecified atom stereocenters. The summed E-state index contributed by atoms with van der Waals surface area (Å²) in [4.78, 5) is 32.3. The summed E-state index contributed by atoms with van der Waals surface area (Å²) in [5, 5.41) is 3.98. The Labute approximate surface area is 135 Å². The maximum atomic E-state index is 12.4. The maximum Gasteiger partial charge on any atom is 0.244 e. The molecule has 8 heteroatoms. The Hall–Kier alpha value is -1.96. The van der Waals surface area contributed by atoms with Crippen LogP contribution in [0.2, 0.25) is 0 Å². The quantitative estimate of drug-likeness (QED) is 0.786. The molecule has 1 aromatic heterocycles. The Balaban J connectivity index is 1.60. The van der Waals surface area contributed by atoms with Gasteiger partial charge in [0.25, 0.3) is 0 Å². The van der Waals surface area contributed by atoms with Crippen molar-refractivity contribution in [2.75, 3.05) is 26.2 Å². The molecule has 8 nitrogen and oxygen atoms in total. The largest absolute Gasteiger partial charge is 0.341 e.